The predicted molar refractivity (Wildman–Crippen MR) is 148 cm³/mol. The molecule has 0 radical (unpaired) electrons. The molecule has 10 heteroatoms. The van der Waals surface area contributed by atoms with Crippen molar-refractivity contribution in [2.24, 2.45) is 0 Å². The van der Waals surface area contributed by atoms with E-state index in [0.717, 1.165) is 68.5 Å². The minimum atomic E-state index is -0.689. The third kappa shape index (κ3) is 6.64. The number of carbonyl (C=O) groups is 3. The third-order valence-corrected chi connectivity index (χ3v) is 8.47. The number of nitrogens with zero attached hydrogens (tertiary/aromatic N) is 2. The number of carbonyl (C=O) groups excluding carboxylic acids is 3. The number of ether oxygens (including phenoxy) is 1. The van der Waals surface area contributed by atoms with Crippen molar-refractivity contribution in [2.45, 2.75) is 95.8 Å². The zero-order valence-electron chi connectivity index (χ0n) is 22.3. The van der Waals surface area contributed by atoms with Crippen molar-refractivity contribution in [2.75, 3.05) is 12.8 Å². The molecule has 0 unspecified atom stereocenters. The van der Waals surface area contributed by atoms with Crippen LogP contribution in [-0.2, 0) is 11.3 Å². The summed E-state index contributed by atoms with van der Waals surface area (Å²) < 4.78 is 9.53. The number of aromatic nitrogens is 1. The predicted octanol–water partition coefficient (Wildman–Crippen LogP) is 4.28. The lowest BCUT2D eigenvalue weighted by molar-refractivity contribution is -0.126. The monoisotopic (exact) mass is 541 g/mol. The number of benzene rings is 1. The highest BCUT2D eigenvalue weighted by Crippen LogP contribution is 2.28. The molecule has 2 aliphatic carbocycles. The molecule has 206 valence electrons. The average molecular weight is 542 g/mol. The molecule has 1 aromatic heterocycles. The van der Waals surface area contributed by atoms with Gasteiger partial charge in [0.25, 0.3) is 11.8 Å². The summed E-state index contributed by atoms with van der Waals surface area (Å²) in [4.78, 5) is 42.0. The molecule has 4 rings (SSSR count). The second kappa shape index (κ2) is 13.1. The van der Waals surface area contributed by atoms with Gasteiger partial charge in [0.1, 0.15) is 16.7 Å². The van der Waals surface area contributed by atoms with Gasteiger partial charge < -0.3 is 26.0 Å². The molecule has 0 saturated heterocycles. The number of rotatable bonds is 10. The normalized spacial score (nSPS) is 17.1. The van der Waals surface area contributed by atoms with E-state index in [1.54, 1.807) is 12.0 Å². The number of hydrogen-bond donors (Lipinski definition) is 3. The van der Waals surface area contributed by atoms with E-state index in [2.05, 4.69) is 15.0 Å². The summed E-state index contributed by atoms with van der Waals surface area (Å²) in [6.07, 6.45) is 9.77. The molecule has 0 bridgehead atoms. The maximum absolute atomic E-state index is 13.9. The van der Waals surface area contributed by atoms with E-state index in [4.69, 9.17) is 10.5 Å². The van der Waals surface area contributed by atoms with Crippen molar-refractivity contribution in [1.82, 2.24) is 19.9 Å². The summed E-state index contributed by atoms with van der Waals surface area (Å²) >= 11 is 0.913. The van der Waals surface area contributed by atoms with Gasteiger partial charge >= 0.3 is 0 Å². The maximum atomic E-state index is 13.9. The van der Waals surface area contributed by atoms with E-state index >= 15 is 0 Å². The fraction of sp³-hybridized carbons (Fsp3) is 0.571. The van der Waals surface area contributed by atoms with Crippen LogP contribution in [0.15, 0.2) is 24.3 Å². The fourth-order valence-electron chi connectivity index (χ4n) is 5.41. The van der Waals surface area contributed by atoms with Gasteiger partial charge in [0.05, 0.1) is 12.8 Å². The van der Waals surface area contributed by atoms with Crippen LogP contribution in [0.3, 0.4) is 0 Å². The Morgan fingerprint density at radius 1 is 1.03 bits per heavy atom. The number of nitrogens with one attached hydrogen (secondary N) is 2. The molecule has 9 nitrogen and oxygen atoms in total. The molecule has 2 aromatic rings. The fourth-order valence-corrected chi connectivity index (χ4v) is 6.17. The Labute approximate surface area is 228 Å². The van der Waals surface area contributed by atoms with Crippen LogP contribution in [0.4, 0.5) is 5.69 Å². The molecular weight excluding hydrogens is 502 g/mol. The van der Waals surface area contributed by atoms with E-state index in [1.807, 2.05) is 31.2 Å². The van der Waals surface area contributed by atoms with Gasteiger partial charge in [0.2, 0.25) is 5.91 Å². The Balaban J connectivity index is 1.57. The molecule has 1 atom stereocenters. The van der Waals surface area contributed by atoms with Crippen molar-refractivity contribution >= 4 is 34.9 Å². The molecule has 1 aromatic carbocycles. The number of anilines is 1. The number of methoxy groups -OCH3 is 1. The van der Waals surface area contributed by atoms with E-state index in [9.17, 15) is 14.4 Å². The van der Waals surface area contributed by atoms with E-state index in [1.165, 1.54) is 6.42 Å². The molecule has 3 amide bonds. The van der Waals surface area contributed by atoms with Gasteiger partial charge in [-0.25, -0.2) is 0 Å². The number of nitrogens with two attached hydrogens (primary N) is 1. The zero-order valence-corrected chi connectivity index (χ0v) is 23.1. The first kappa shape index (κ1) is 27.9. The summed E-state index contributed by atoms with van der Waals surface area (Å²) in [6.45, 7) is 2.10. The van der Waals surface area contributed by atoms with Gasteiger partial charge in [-0.05, 0) is 61.3 Å². The summed E-state index contributed by atoms with van der Waals surface area (Å²) in [5, 5.41) is 6.17. The lowest BCUT2D eigenvalue weighted by Crippen LogP contribution is -2.50. The molecule has 0 aliphatic heterocycles. The Hall–Kier alpha value is -3.14. The molecular formula is C28H39N5O4S. The summed E-state index contributed by atoms with van der Waals surface area (Å²) in [5.41, 5.74) is 7.35. The Kier molecular flexibility index (Phi) is 9.60. The van der Waals surface area contributed by atoms with Crippen LogP contribution in [0.1, 0.15) is 96.9 Å². The number of hydrogen-bond acceptors (Lipinski definition) is 7. The average Bonchev–Trinajstić information content (AvgIpc) is 3.58. The lowest BCUT2D eigenvalue weighted by atomic mass is 9.95. The van der Waals surface area contributed by atoms with Crippen LogP contribution in [-0.4, -0.2) is 52.2 Å². The van der Waals surface area contributed by atoms with E-state index in [0.29, 0.717) is 12.2 Å². The molecule has 38 heavy (non-hydrogen) atoms. The Bertz CT molecular complexity index is 1110. The third-order valence-electron chi connectivity index (χ3n) is 7.62. The standard InChI is InChI=1S/C28H39N5O4S/c1-3-22(26(34)30-19-11-7-8-12-19)33(17-18-13-15-21(37-2)16-14-18)28(36)25-23(29)24(32-38-25)27(35)31-20-9-5-4-6-10-20/h13-16,19-20,22H,3-12,17,29H2,1-2H3,(H,30,34)(H,31,35)/t22-/m1/s1. The highest BCUT2D eigenvalue weighted by Gasteiger charge is 2.34. The van der Waals surface area contributed by atoms with E-state index < -0.39 is 11.9 Å². The molecule has 4 N–H and O–H groups in total. The first-order valence-electron chi connectivity index (χ1n) is 13.7. The summed E-state index contributed by atoms with van der Waals surface area (Å²) in [6, 6.07) is 6.95. The first-order valence-corrected chi connectivity index (χ1v) is 14.5. The van der Waals surface area contributed by atoms with Crippen LogP contribution in [0, 0.1) is 0 Å². The van der Waals surface area contributed by atoms with Crippen LogP contribution in [0.5, 0.6) is 5.75 Å². The van der Waals surface area contributed by atoms with Gasteiger partial charge in [-0.3, -0.25) is 14.4 Å². The van der Waals surface area contributed by atoms with Crippen LogP contribution < -0.4 is 21.1 Å². The van der Waals surface area contributed by atoms with Gasteiger partial charge in [0.15, 0.2) is 5.69 Å². The van der Waals surface area contributed by atoms with Crippen molar-refractivity contribution in [3.05, 3.63) is 40.4 Å². The number of amides is 3. The number of nitrogen functional groups attached to an aromatic ring is 1. The van der Waals surface area contributed by atoms with Gasteiger partial charge in [0, 0.05) is 18.6 Å². The maximum Gasteiger partial charge on any atom is 0.273 e. The lowest BCUT2D eigenvalue weighted by Gasteiger charge is -2.31. The Morgan fingerprint density at radius 2 is 1.63 bits per heavy atom. The van der Waals surface area contributed by atoms with Gasteiger partial charge in [-0.15, -0.1) is 0 Å². The summed E-state index contributed by atoms with van der Waals surface area (Å²) in [7, 11) is 1.60. The smallest absolute Gasteiger partial charge is 0.273 e. The zero-order chi connectivity index (χ0) is 27.1. The van der Waals surface area contributed by atoms with Crippen molar-refractivity contribution in [3.63, 3.8) is 0 Å². The molecule has 0 spiro atoms. The van der Waals surface area contributed by atoms with Crippen LogP contribution >= 0.6 is 11.5 Å². The van der Waals surface area contributed by atoms with Crippen molar-refractivity contribution in [1.29, 1.82) is 0 Å². The SMILES string of the molecule is CC[C@H](C(=O)NC1CCCC1)N(Cc1ccc(OC)cc1)C(=O)c1snc(C(=O)NC2CCCCC2)c1N. The second-order valence-corrected chi connectivity index (χ2v) is 11.1. The van der Waals surface area contributed by atoms with Crippen LogP contribution in [0.25, 0.3) is 0 Å². The molecule has 1 heterocycles. The highest BCUT2D eigenvalue weighted by atomic mass is 32.1. The van der Waals surface area contributed by atoms with Gasteiger partial charge in [-0.1, -0.05) is 51.2 Å². The minimum Gasteiger partial charge on any atom is -0.497 e. The molecule has 2 fully saturated rings. The van der Waals surface area contributed by atoms with Crippen molar-refractivity contribution in [3.8, 4) is 5.75 Å². The first-order chi connectivity index (χ1) is 18.4. The summed E-state index contributed by atoms with van der Waals surface area (Å²) in [5.74, 6) is -0.212. The molecule has 2 saturated carbocycles. The second-order valence-electron chi connectivity index (χ2n) is 10.3. The largest absolute Gasteiger partial charge is 0.497 e. The minimum absolute atomic E-state index is 0.0686. The topological polar surface area (TPSA) is 127 Å². The van der Waals surface area contributed by atoms with Crippen LogP contribution in [0.2, 0.25) is 0 Å². The highest BCUT2D eigenvalue weighted by molar-refractivity contribution is 7.09. The van der Waals surface area contributed by atoms with Crippen molar-refractivity contribution < 1.29 is 19.1 Å². The quantitative estimate of drug-likeness (QED) is 0.412. The molecule has 2 aliphatic rings. The Morgan fingerprint density at radius 3 is 2.24 bits per heavy atom. The van der Waals surface area contributed by atoms with E-state index in [-0.39, 0.29) is 46.7 Å². The van der Waals surface area contributed by atoms with Gasteiger partial charge in [-0.2, -0.15) is 4.37 Å².